The average Bonchev–Trinajstić information content (AvgIpc) is 3.45. The summed E-state index contributed by atoms with van der Waals surface area (Å²) in [7, 11) is 0. The minimum absolute atomic E-state index is 0.00521. The van der Waals surface area contributed by atoms with Gasteiger partial charge in [0.2, 0.25) is 0 Å². The second-order valence-corrected chi connectivity index (χ2v) is 15.2. The number of benzene rings is 2. The second-order valence-electron chi connectivity index (χ2n) is 14.8. The highest BCUT2D eigenvalue weighted by atomic mass is 35.5. The molecule has 1 fully saturated rings. The molecule has 0 bridgehead atoms. The van der Waals surface area contributed by atoms with Crippen LogP contribution in [0.1, 0.15) is 82.4 Å². The number of aromatic nitrogens is 5. The van der Waals surface area contributed by atoms with Crippen molar-refractivity contribution in [1.29, 1.82) is 0 Å². The van der Waals surface area contributed by atoms with Crippen LogP contribution < -0.4 is 11.1 Å². The number of alkyl halides is 5. The zero-order valence-electron chi connectivity index (χ0n) is 30.1. The van der Waals surface area contributed by atoms with Crippen molar-refractivity contribution in [2.45, 2.75) is 82.7 Å². The standard InChI is InChI=1S/C37H39ClF5N9O3/c1-5-25(39)15-36(12-13-36)49-34(54)55-18-28(22-8-11-26(38)27(14-22)52-30(29(40)41)45-20-47-52)51-31(53)37(48-33(51)44,19-35(2,3)4)24-9-6-21(7-10-24)23-16-46-50(17-23)32(42)43/h5-11,14,16-17,20,25,28-29,32H,1,12-13,15,18-19H2,2-4H3,(H2,44,48)(H,49,54)/t25?,28-,37-/m1/s1. The first kappa shape index (κ1) is 39.4. The van der Waals surface area contributed by atoms with Gasteiger partial charge in [-0.25, -0.2) is 37.3 Å². The Kier molecular flexibility index (Phi) is 10.8. The zero-order valence-corrected chi connectivity index (χ0v) is 30.9. The van der Waals surface area contributed by atoms with Gasteiger partial charge in [0.25, 0.3) is 12.3 Å². The third kappa shape index (κ3) is 8.21. The SMILES string of the molecule is C=CC(F)CC1(NC(=O)OC[C@H](c2ccc(Cl)c(-n3ncnc3C(F)F)c2)N2C(=O)[C@@](CC(C)(C)C)(c3ccc(-c4cnn(C(F)F)c4)cc3)N=C2N)CC1. The zero-order chi connectivity index (χ0) is 39.9. The fourth-order valence-corrected chi connectivity index (χ4v) is 7.00. The van der Waals surface area contributed by atoms with E-state index in [1.54, 1.807) is 24.3 Å². The lowest BCUT2D eigenvalue weighted by atomic mass is 9.75. The van der Waals surface area contributed by atoms with Crippen molar-refractivity contribution in [1.82, 2.24) is 34.8 Å². The predicted octanol–water partition coefficient (Wildman–Crippen LogP) is 7.82. The normalized spacial score (nSPS) is 19.1. The van der Waals surface area contributed by atoms with Gasteiger partial charge in [-0.05, 0) is 53.5 Å². The quantitative estimate of drug-likeness (QED) is 0.0979. The van der Waals surface area contributed by atoms with Gasteiger partial charge in [0.15, 0.2) is 17.3 Å². The summed E-state index contributed by atoms with van der Waals surface area (Å²) in [5.74, 6) is -1.48. The number of carbonyl (C=O) groups is 2. The van der Waals surface area contributed by atoms with Crippen molar-refractivity contribution in [3.05, 3.63) is 95.8 Å². The molecule has 2 aromatic heterocycles. The molecule has 18 heteroatoms. The molecule has 0 saturated heterocycles. The van der Waals surface area contributed by atoms with E-state index < -0.39 is 66.1 Å². The van der Waals surface area contributed by atoms with Crippen molar-refractivity contribution in [3.63, 3.8) is 0 Å². The Morgan fingerprint density at radius 2 is 1.80 bits per heavy atom. The molecule has 6 rings (SSSR count). The maximum absolute atomic E-state index is 15.0. The average molecular weight is 788 g/mol. The van der Waals surface area contributed by atoms with Crippen LogP contribution in [0, 0.1) is 5.41 Å². The molecule has 3 atom stereocenters. The van der Waals surface area contributed by atoms with E-state index >= 15 is 4.79 Å². The first-order chi connectivity index (χ1) is 26.0. The fraction of sp³-hybridized carbons (Fsp3) is 0.405. The summed E-state index contributed by atoms with van der Waals surface area (Å²) >= 11 is 6.48. The van der Waals surface area contributed by atoms with Crippen molar-refractivity contribution < 1.29 is 36.3 Å². The van der Waals surface area contributed by atoms with E-state index in [0.29, 0.717) is 34.2 Å². The third-order valence-electron chi connectivity index (χ3n) is 9.51. The Morgan fingerprint density at radius 3 is 2.40 bits per heavy atom. The molecule has 1 unspecified atom stereocenters. The van der Waals surface area contributed by atoms with E-state index in [-0.39, 0.29) is 35.1 Å². The number of amides is 2. The van der Waals surface area contributed by atoms with Crippen LogP contribution in [-0.2, 0) is 15.1 Å². The molecule has 2 aliphatic rings. The summed E-state index contributed by atoms with van der Waals surface area (Å²) in [4.78, 5) is 37.8. The molecule has 292 valence electrons. The molecule has 4 aromatic rings. The monoisotopic (exact) mass is 787 g/mol. The maximum atomic E-state index is 15.0. The number of alkyl carbamates (subject to hydrolysis) is 1. The van der Waals surface area contributed by atoms with E-state index in [9.17, 15) is 26.7 Å². The summed E-state index contributed by atoms with van der Waals surface area (Å²) in [5.41, 5.74) is 5.39. The Labute approximate surface area is 318 Å². The fourth-order valence-electron chi connectivity index (χ4n) is 6.81. The number of nitrogens with two attached hydrogens (primary N) is 1. The van der Waals surface area contributed by atoms with E-state index in [2.05, 4.69) is 27.1 Å². The molecule has 1 saturated carbocycles. The number of carbonyl (C=O) groups excluding carboxylic acids is 2. The van der Waals surface area contributed by atoms with Gasteiger partial charge in [-0.3, -0.25) is 9.69 Å². The highest BCUT2D eigenvalue weighted by Crippen LogP contribution is 2.46. The third-order valence-corrected chi connectivity index (χ3v) is 9.83. The first-order valence-electron chi connectivity index (χ1n) is 17.3. The van der Waals surface area contributed by atoms with Crippen LogP contribution in [0.2, 0.25) is 5.02 Å². The van der Waals surface area contributed by atoms with E-state index in [0.717, 1.165) is 17.1 Å². The van der Waals surface area contributed by atoms with Crippen LogP contribution in [-0.4, -0.2) is 65.7 Å². The van der Waals surface area contributed by atoms with Crippen LogP contribution in [0.4, 0.5) is 26.7 Å². The van der Waals surface area contributed by atoms with Gasteiger partial charge in [0.05, 0.1) is 22.9 Å². The number of hydrogen-bond donors (Lipinski definition) is 2. The minimum Gasteiger partial charge on any atom is -0.447 e. The summed E-state index contributed by atoms with van der Waals surface area (Å²) in [5, 5.41) is 10.4. The maximum Gasteiger partial charge on any atom is 0.407 e. The molecule has 2 aromatic carbocycles. The number of nitrogens with zero attached hydrogens (tertiary/aromatic N) is 7. The van der Waals surface area contributed by atoms with Crippen molar-refractivity contribution in [2.75, 3.05) is 6.61 Å². The van der Waals surface area contributed by atoms with Gasteiger partial charge in [-0.1, -0.05) is 68.8 Å². The van der Waals surface area contributed by atoms with E-state index in [1.807, 2.05) is 20.8 Å². The molecule has 1 aliphatic carbocycles. The molecule has 12 nitrogen and oxygen atoms in total. The van der Waals surface area contributed by atoms with Gasteiger partial charge in [0.1, 0.15) is 19.1 Å². The van der Waals surface area contributed by atoms with Crippen LogP contribution in [0.25, 0.3) is 16.8 Å². The van der Waals surface area contributed by atoms with Gasteiger partial charge >= 0.3 is 12.6 Å². The van der Waals surface area contributed by atoms with Gasteiger partial charge in [-0.2, -0.15) is 19.0 Å². The van der Waals surface area contributed by atoms with Crippen molar-refractivity contribution >= 4 is 29.6 Å². The largest absolute Gasteiger partial charge is 0.447 e. The lowest BCUT2D eigenvalue weighted by Gasteiger charge is -2.35. The number of aliphatic imine (C=N–C) groups is 1. The van der Waals surface area contributed by atoms with Crippen LogP contribution in [0.3, 0.4) is 0 Å². The smallest absolute Gasteiger partial charge is 0.407 e. The topological polar surface area (TPSA) is 146 Å². The molecular formula is C37H39ClF5N9O3. The molecular weight excluding hydrogens is 749 g/mol. The molecule has 3 heterocycles. The van der Waals surface area contributed by atoms with Crippen LogP contribution in [0.5, 0.6) is 0 Å². The summed E-state index contributed by atoms with van der Waals surface area (Å²) in [6.45, 7) is 5.90. The number of ether oxygens (including phenoxy) is 1. The number of halogens is 6. The van der Waals surface area contributed by atoms with Crippen molar-refractivity contribution in [3.8, 4) is 16.8 Å². The number of nitrogens with one attached hydrogen (secondary N) is 1. The summed E-state index contributed by atoms with van der Waals surface area (Å²) in [6, 6.07) is 9.80. The highest BCUT2D eigenvalue weighted by molar-refractivity contribution is 6.32. The van der Waals surface area contributed by atoms with E-state index in [1.165, 1.54) is 35.5 Å². The first-order valence-corrected chi connectivity index (χ1v) is 17.7. The van der Waals surface area contributed by atoms with Crippen molar-refractivity contribution in [2.24, 2.45) is 16.1 Å². The molecule has 2 amide bonds. The Hall–Kier alpha value is -5.32. The highest BCUT2D eigenvalue weighted by Gasteiger charge is 2.53. The van der Waals surface area contributed by atoms with Gasteiger partial charge < -0.3 is 15.8 Å². The molecule has 0 spiro atoms. The molecule has 0 radical (unpaired) electrons. The summed E-state index contributed by atoms with van der Waals surface area (Å²) < 4.78 is 75.5. The number of guanidine groups is 1. The Balaban J connectivity index is 1.38. The van der Waals surface area contributed by atoms with Crippen LogP contribution in [0.15, 0.2) is 78.8 Å². The van der Waals surface area contributed by atoms with E-state index in [4.69, 9.17) is 27.1 Å². The van der Waals surface area contributed by atoms with Gasteiger partial charge in [0, 0.05) is 23.7 Å². The molecule has 3 N–H and O–H groups in total. The lowest BCUT2D eigenvalue weighted by Crippen LogP contribution is -2.48. The lowest BCUT2D eigenvalue weighted by molar-refractivity contribution is -0.135. The Morgan fingerprint density at radius 1 is 1.09 bits per heavy atom. The predicted molar refractivity (Wildman–Crippen MR) is 193 cm³/mol. The Bertz CT molecular complexity index is 2100. The minimum atomic E-state index is -3.00. The second kappa shape index (κ2) is 15.1. The van der Waals surface area contributed by atoms with Gasteiger partial charge in [-0.15, -0.1) is 6.58 Å². The van der Waals surface area contributed by atoms with Crippen LogP contribution >= 0.6 is 11.6 Å². The summed E-state index contributed by atoms with van der Waals surface area (Å²) in [6.07, 6.45) is 0.586. The number of allylic oxidation sites excluding steroid dienone is 1. The number of rotatable bonds is 14. The number of hydrogen-bond acceptors (Lipinski definition) is 8. The molecule has 1 aliphatic heterocycles. The molecule has 55 heavy (non-hydrogen) atoms.